The van der Waals surface area contributed by atoms with Gasteiger partial charge in [0, 0.05) is 42.0 Å². The van der Waals surface area contributed by atoms with Gasteiger partial charge in [-0.05, 0) is 18.1 Å². The highest BCUT2D eigenvalue weighted by atomic mass is 16.7. The lowest BCUT2D eigenvalue weighted by molar-refractivity contribution is -0.213. The van der Waals surface area contributed by atoms with Gasteiger partial charge in [0.05, 0.1) is 20.1 Å². The lowest BCUT2D eigenvalue weighted by atomic mass is 9.65. The molecular formula is C23H24O7. The van der Waals surface area contributed by atoms with Crippen LogP contribution >= 0.6 is 0 Å². The number of aliphatic hydroxyl groups is 1. The number of Topliss-reactive ketones (excluding diaryl/α,β-unsaturated/α-hetero) is 1. The second-order valence-corrected chi connectivity index (χ2v) is 8.23. The topological polar surface area (TPSA) is 83.5 Å². The van der Waals surface area contributed by atoms with Gasteiger partial charge in [-0.25, -0.2) is 0 Å². The van der Waals surface area contributed by atoms with Crippen molar-refractivity contribution in [1.29, 1.82) is 0 Å². The van der Waals surface area contributed by atoms with Crippen molar-refractivity contribution >= 4 is 5.78 Å². The number of carbonyl (C=O) groups excluding carboxylic acids is 1. The Morgan fingerprint density at radius 1 is 1.03 bits per heavy atom. The third-order valence-corrected chi connectivity index (χ3v) is 6.26. The molecule has 158 valence electrons. The number of benzene rings is 2. The molecule has 0 bridgehead atoms. The maximum absolute atomic E-state index is 13.2. The van der Waals surface area contributed by atoms with Crippen LogP contribution in [0.2, 0.25) is 0 Å². The number of methoxy groups -OCH3 is 2. The Bertz CT molecular complexity index is 1020. The molecule has 3 aliphatic rings. The standard InChI is InChI=1S/C23H24O7/c1-12-6-16(24)22-21(14-5-4-13(26-2)7-17(14)27-3)15-8-19-20(29-11-28-19)9-18(15)30-23(22,25)10-12/h4-5,7-9,12,21-22,25H,6,10-11H2,1-3H3. The molecule has 2 aliphatic heterocycles. The van der Waals surface area contributed by atoms with Crippen LogP contribution < -0.4 is 23.7 Å². The van der Waals surface area contributed by atoms with Gasteiger partial charge in [-0.3, -0.25) is 4.79 Å². The number of hydrogen-bond donors (Lipinski definition) is 1. The molecule has 0 saturated heterocycles. The molecule has 2 aromatic carbocycles. The summed E-state index contributed by atoms with van der Waals surface area (Å²) in [7, 11) is 3.17. The van der Waals surface area contributed by atoms with Crippen molar-refractivity contribution in [3.05, 3.63) is 41.5 Å². The molecule has 4 unspecified atom stereocenters. The van der Waals surface area contributed by atoms with Crippen LogP contribution in [-0.2, 0) is 4.79 Å². The molecule has 4 atom stereocenters. The van der Waals surface area contributed by atoms with Crippen molar-refractivity contribution in [2.24, 2.45) is 11.8 Å². The first-order valence-corrected chi connectivity index (χ1v) is 10.0. The highest BCUT2D eigenvalue weighted by Gasteiger charge is 2.57. The van der Waals surface area contributed by atoms with Crippen molar-refractivity contribution in [2.75, 3.05) is 21.0 Å². The van der Waals surface area contributed by atoms with Crippen molar-refractivity contribution in [3.8, 4) is 28.7 Å². The minimum absolute atomic E-state index is 0.0210. The van der Waals surface area contributed by atoms with Crippen molar-refractivity contribution in [2.45, 2.75) is 31.5 Å². The van der Waals surface area contributed by atoms with Crippen LogP contribution in [0.3, 0.4) is 0 Å². The summed E-state index contributed by atoms with van der Waals surface area (Å²) < 4.78 is 28.1. The average Bonchev–Trinajstić information content (AvgIpc) is 3.16. The number of rotatable bonds is 3. The summed E-state index contributed by atoms with van der Waals surface area (Å²) in [5, 5.41) is 11.5. The van der Waals surface area contributed by atoms with E-state index in [1.807, 2.05) is 25.1 Å². The summed E-state index contributed by atoms with van der Waals surface area (Å²) in [6.45, 7) is 2.08. The van der Waals surface area contributed by atoms with Crippen molar-refractivity contribution in [3.63, 3.8) is 0 Å². The maximum atomic E-state index is 13.2. The maximum Gasteiger partial charge on any atom is 0.231 e. The first kappa shape index (κ1) is 19.1. The summed E-state index contributed by atoms with van der Waals surface area (Å²) in [6, 6.07) is 9.07. The van der Waals surface area contributed by atoms with Gasteiger partial charge in [0.2, 0.25) is 12.6 Å². The number of ether oxygens (including phenoxy) is 5. The van der Waals surface area contributed by atoms with E-state index in [1.165, 1.54) is 0 Å². The molecule has 7 nitrogen and oxygen atoms in total. The van der Waals surface area contributed by atoms with Gasteiger partial charge in [-0.2, -0.15) is 0 Å². The highest BCUT2D eigenvalue weighted by Crippen LogP contribution is 2.56. The zero-order valence-corrected chi connectivity index (χ0v) is 17.1. The van der Waals surface area contributed by atoms with Crippen LogP contribution in [0.5, 0.6) is 28.7 Å². The van der Waals surface area contributed by atoms with Gasteiger partial charge < -0.3 is 28.8 Å². The van der Waals surface area contributed by atoms with Crippen LogP contribution in [0.25, 0.3) is 0 Å². The normalized spacial score (nSPS) is 28.9. The summed E-state index contributed by atoms with van der Waals surface area (Å²) in [4.78, 5) is 13.2. The summed E-state index contributed by atoms with van der Waals surface area (Å²) in [6.07, 6.45) is 0.761. The lowest BCUT2D eigenvalue weighted by Gasteiger charge is -2.48. The summed E-state index contributed by atoms with van der Waals surface area (Å²) >= 11 is 0. The van der Waals surface area contributed by atoms with Crippen LogP contribution in [0.1, 0.15) is 36.8 Å². The molecule has 2 aromatic rings. The zero-order chi connectivity index (χ0) is 21.0. The second kappa shape index (κ2) is 6.80. The predicted octanol–water partition coefficient (Wildman–Crippen LogP) is 3.26. The minimum atomic E-state index is -1.61. The molecule has 0 aromatic heterocycles. The monoisotopic (exact) mass is 412 g/mol. The molecule has 1 aliphatic carbocycles. The molecule has 1 saturated carbocycles. The van der Waals surface area contributed by atoms with Crippen LogP contribution in [0, 0.1) is 11.8 Å². The lowest BCUT2D eigenvalue weighted by Crippen LogP contribution is -2.56. The zero-order valence-electron chi connectivity index (χ0n) is 17.1. The first-order chi connectivity index (χ1) is 14.4. The molecular weight excluding hydrogens is 388 g/mol. The summed E-state index contributed by atoms with van der Waals surface area (Å²) in [5.74, 6) is 0.0377. The fraction of sp³-hybridized carbons (Fsp3) is 0.435. The Labute approximate surface area is 174 Å². The van der Waals surface area contributed by atoms with Gasteiger partial charge in [0.25, 0.3) is 0 Å². The van der Waals surface area contributed by atoms with Crippen LogP contribution in [-0.4, -0.2) is 37.7 Å². The molecule has 7 heteroatoms. The minimum Gasteiger partial charge on any atom is -0.497 e. The van der Waals surface area contributed by atoms with Gasteiger partial charge >= 0.3 is 0 Å². The van der Waals surface area contributed by atoms with E-state index in [-0.39, 0.29) is 18.5 Å². The quantitative estimate of drug-likeness (QED) is 0.828. The first-order valence-electron chi connectivity index (χ1n) is 10.0. The van der Waals surface area contributed by atoms with Gasteiger partial charge in [-0.15, -0.1) is 0 Å². The SMILES string of the molecule is COc1ccc(C2c3cc4c(cc3OC3(O)CC(C)CC(=O)C23)OCO4)c(OC)c1. The Balaban J connectivity index is 1.74. The Morgan fingerprint density at radius 2 is 1.80 bits per heavy atom. The molecule has 5 rings (SSSR count). The third kappa shape index (κ3) is 2.80. The van der Waals surface area contributed by atoms with Crippen molar-refractivity contribution in [1.82, 2.24) is 0 Å². The van der Waals surface area contributed by atoms with E-state index in [9.17, 15) is 9.90 Å². The van der Waals surface area contributed by atoms with Gasteiger partial charge in [0.1, 0.15) is 23.0 Å². The Hall–Kier alpha value is -2.93. The van der Waals surface area contributed by atoms with E-state index in [0.717, 1.165) is 11.1 Å². The van der Waals surface area contributed by atoms with Crippen LogP contribution in [0.15, 0.2) is 30.3 Å². The predicted molar refractivity (Wildman–Crippen MR) is 106 cm³/mol. The largest absolute Gasteiger partial charge is 0.497 e. The molecule has 2 heterocycles. The molecule has 0 radical (unpaired) electrons. The van der Waals surface area contributed by atoms with Crippen LogP contribution in [0.4, 0.5) is 0 Å². The smallest absolute Gasteiger partial charge is 0.231 e. The molecule has 30 heavy (non-hydrogen) atoms. The van der Waals surface area contributed by atoms with E-state index >= 15 is 0 Å². The average molecular weight is 412 g/mol. The van der Waals surface area contributed by atoms with E-state index in [2.05, 4.69) is 0 Å². The Kier molecular flexibility index (Phi) is 4.32. The summed E-state index contributed by atoms with van der Waals surface area (Å²) in [5.41, 5.74) is 1.55. The van der Waals surface area contributed by atoms with E-state index in [1.54, 1.807) is 26.4 Å². The number of hydrogen-bond acceptors (Lipinski definition) is 7. The molecule has 0 amide bonds. The number of ketones is 1. The van der Waals surface area contributed by atoms with Gasteiger partial charge in [0.15, 0.2) is 11.5 Å². The second-order valence-electron chi connectivity index (χ2n) is 8.23. The Morgan fingerprint density at radius 3 is 2.53 bits per heavy atom. The fourth-order valence-corrected chi connectivity index (χ4v) is 5.03. The van der Waals surface area contributed by atoms with E-state index < -0.39 is 17.6 Å². The fourth-order valence-electron chi connectivity index (χ4n) is 5.03. The number of carbonyl (C=O) groups is 1. The molecule has 0 spiro atoms. The van der Waals surface area contributed by atoms with E-state index in [4.69, 9.17) is 23.7 Å². The van der Waals surface area contributed by atoms with Gasteiger partial charge in [-0.1, -0.05) is 13.0 Å². The third-order valence-electron chi connectivity index (χ3n) is 6.26. The highest BCUT2D eigenvalue weighted by molar-refractivity contribution is 5.86. The van der Waals surface area contributed by atoms with Crippen molar-refractivity contribution < 1.29 is 33.6 Å². The molecule has 1 fully saturated rings. The van der Waals surface area contributed by atoms with E-state index in [0.29, 0.717) is 41.6 Å². The molecule has 1 N–H and O–H groups in total. The number of fused-ring (bicyclic) bond motifs is 3.